The molecule has 118 valence electrons. The van der Waals surface area contributed by atoms with E-state index in [0.29, 0.717) is 23.3 Å². The highest BCUT2D eigenvalue weighted by Gasteiger charge is 2.09. The maximum atomic E-state index is 12.2. The van der Waals surface area contributed by atoms with Gasteiger partial charge in [0.25, 0.3) is 0 Å². The van der Waals surface area contributed by atoms with Crippen molar-refractivity contribution in [1.29, 1.82) is 0 Å². The SMILES string of the molecule is O=c1oc2cc(OCc3ccccc3)ccc2c2ccc(Br)cc12. The third kappa shape index (κ3) is 2.81. The Morgan fingerprint density at radius 1 is 0.875 bits per heavy atom. The van der Waals surface area contributed by atoms with Crippen LogP contribution in [0.3, 0.4) is 0 Å². The van der Waals surface area contributed by atoms with Crippen LogP contribution in [0.5, 0.6) is 5.75 Å². The number of fused-ring (bicyclic) bond motifs is 3. The van der Waals surface area contributed by atoms with Gasteiger partial charge in [-0.1, -0.05) is 52.3 Å². The van der Waals surface area contributed by atoms with E-state index in [1.54, 1.807) is 12.1 Å². The molecule has 0 amide bonds. The first kappa shape index (κ1) is 15.0. The summed E-state index contributed by atoms with van der Waals surface area (Å²) < 4.78 is 12.1. The topological polar surface area (TPSA) is 39.4 Å². The molecule has 0 aliphatic rings. The largest absolute Gasteiger partial charge is 0.489 e. The van der Waals surface area contributed by atoms with Gasteiger partial charge >= 0.3 is 5.63 Å². The second-order valence-corrected chi connectivity index (χ2v) is 6.43. The molecule has 3 nitrogen and oxygen atoms in total. The molecule has 4 aromatic rings. The molecule has 1 aromatic heterocycles. The van der Waals surface area contributed by atoms with Gasteiger partial charge in [-0.3, -0.25) is 0 Å². The van der Waals surface area contributed by atoms with Gasteiger partial charge in [0.2, 0.25) is 0 Å². The van der Waals surface area contributed by atoms with E-state index in [1.165, 1.54) is 0 Å². The second-order valence-electron chi connectivity index (χ2n) is 5.51. The number of benzene rings is 3. The van der Waals surface area contributed by atoms with Crippen molar-refractivity contribution >= 4 is 37.7 Å². The quantitative estimate of drug-likeness (QED) is 0.358. The maximum Gasteiger partial charge on any atom is 0.344 e. The minimum atomic E-state index is -0.348. The highest BCUT2D eigenvalue weighted by Crippen LogP contribution is 2.28. The molecule has 0 spiro atoms. The van der Waals surface area contributed by atoms with E-state index in [2.05, 4.69) is 15.9 Å². The van der Waals surface area contributed by atoms with Gasteiger partial charge < -0.3 is 9.15 Å². The van der Waals surface area contributed by atoms with Crippen LogP contribution in [0.15, 0.2) is 80.4 Å². The van der Waals surface area contributed by atoms with Gasteiger partial charge in [0.1, 0.15) is 17.9 Å². The molecular weight excluding hydrogens is 368 g/mol. The van der Waals surface area contributed by atoms with Crippen molar-refractivity contribution in [3.05, 3.63) is 87.2 Å². The van der Waals surface area contributed by atoms with Crippen LogP contribution in [0.4, 0.5) is 0 Å². The van der Waals surface area contributed by atoms with Gasteiger partial charge in [-0.25, -0.2) is 4.79 Å². The van der Waals surface area contributed by atoms with Crippen molar-refractivity contribution in [2.24, 2.45) is 0 Å². The third-order valence-electron chi connectivity index (χ3n) is 3.90. The Morgan fingerprint density at radius 2 is 1.67 bits per heavy atom. The summed E-state index contributed by atoms with van der Waals surface area (Å²) >= 11 is 3.38. The lowest BCUT2D eigenvalue weighted by atomic mass is 10.1. The zero-order valence-corrected chi connectivity index (χ0v) is 14.2. The van der Waals surface area contributed by atoms with Crippen LogP contribution in [0.25, 0.3) is 21.7 Å². The average molecular weight is 381 g/mol. The van der Waals surface area contributed by atoms with E-state index in [-0.39, 0.29) is 5.63 Å². The summed E-state index contributed by atoms with van der Waals surface area (Å²) in [5, 5.41) is 2.33. The first-order chi connectivity index (χ1) is 11.7. The van der Waals surface area contributed by atoms with E-state index < -0.39 is 0 Å². The van der Waals surface area contributed by atoms with E-state index in [0.717, 1.165) is 20.8 Å². The number of hydrogen-bond acceptors (Lipinski definition) is 3. The van der Waals surface area contributed by atoms with Crippen LogP contribution < -0.4 is 10.4 Å². The van der Waals surface area contributed by atoms with E-state index in [4.69, 9.17) is 9.15 Å². The summed E-state index contributed by atoms with van der Waals surface area (Å²) in [6.07, 6.45) is 0. The van der Waals surface area contributed by atoms with Crippen LogP contribution in [0.1, 0.15) is 5.56 Å². The van der Waals surface area contributed by atoms with Crippen molar-refractivity contribution in [1.82, 2.24) is 0 Å². The first-order valence-electron chi connectivity index (χ1n) is 7.53. The molecule has 3 aromatic carbocycles. The molecule has 0 saturated heterocycles. The van der Waals surface area contributed by atoms with Gasteiger partial charge in [-0.15, -0.1) is 0 Å². The molecule has 0 N–H and O–H groups in total. The number of ether oxygens (including phenoxy) is 1. The number of hydrogen-bond donors (Lipinski definition) is 0. The molecule has 4 heteroatoms. The van der Waals surface area contributed by atoms with Crippen molar-refractivity contribution in [3.8, 4) is 5.75 Å². The molecule has 0 fully saturated rings. The van der Waals surface area contributed by atoms with Crippen LogP contribution in [-0.2, 0) is 6.61 Å². The Labute approximate surface area is 146 Å². The minimum absolute atomic E-state index is 0.348. The van der Waals surface area contributed by atoms with E-state index in [9.17, 15) is 4.79 Å². The molecule has 4 rings (SSSR count). The smallest absolute Gasteiger partial charge is 0.344 e. The molecule has 0 aliphatic carbocycles. The Hall–Kier alpha value is -2.59. The van der Waals surface area contributed by atoms with Crippen LogP contribution in [0.2, 0.25) is 0 Å². The number of halogens is 1. The van der Waals surface area contributed by atoms with E-state index in [1.807, 2.05) is 54.6 Å². The molecular formula is C20H13BrO3. The van der Waals surface area contributed by atoms with Crippen molar-refractivity contribution in [3.63, 3.8) is 0 Å². The molecule has 0 saturated carbocycles. The molecule has 0 aliphatic heterocycles. The van der Waals surface area contributed by atoms with Gasteiger partial charge in [-0.2, -0.15) is 0 Å². The predicted molar refractivity (Wildman–Crippen MR) is 98.5 cm³/mol. The fraction of sp³-hybridized carbons (Fsp3) is 0.0500. The van der Waals surface area contributed by atoms with Crippen molar-refractivity contribution < 1.29 is 9.15 Å². The zero-order valence-electron chi connectivity index (χ0n) is 12.7. The number of rotatable bonds is 3. The zero-order chi connectivity index (χ0) is 16.5. The normalized spacial score (nSPS) is 11.0. The molecule has 0 radical (unpaired) electrons. The van der Waals surface area contributed by atoms with Gasteiger partial charge in [0.05, 0.1) is 5.39 Å². The summed E-state index contributed by atoms with van der Waals surface area (Å²) in [6.45, 7) is 0.469. The molecule has 24 heavy (non-hydrogen) atoms. The Kier molecular flexibility index (Phi) is 3.82. The van der Waals surface area contributed by atoms with Crippen LogP contribution in [-0.4, -0.2) is 0 Å². The minimum Gasteiger partial charge on any atom is -0.489 e. The Morgan fingerprint density at radius 3 is 2.50 bits per heavy atom. The highest BCUT2D eigenvalue weighted by atomic mass is 79.9. The Bertz CT molecular complexity index is 1080. The summed E-state index contributed by atoms with van der Waals surface area (Å²) in [5.74, 6) is 0.672. The lowest BCUT2D eigenvalue weighted by Crippen LogP contribution is -2.00. The van der Waals surface area contributed by atoms with E-state index >= 15 is 0 Å². The molecule has 0 unspecified atom stereocenters. The van der Waals surface area contributed by atoms with Gasteiger partial charge in [0.15, 0.2) is 0 Å². The van der Waals surface area contributed by atoms with Crippen LogP contribution in [0, 0.1) is 0 Å². The van der Waals surface area contributed by atoms with Gasteiger partial charge in [-0.05, 0) is 35.2 Å². The lowest BCUT2D eigenvalue weighted by Gasteiger charge is -2.08. The summed E-state index contributed by atoms with van der Waals surface area (Å²) in [5.41, 5.74) is 1.27. The maximum absolute atomic E-state index is 12.2. The highest BCUT2D eigenvalue weighted by molar-refractivity contribution is 9.10. The average Bonchev–Trinajstić information content (AvgIpc) is 2.61. The standard InChI is InChI=1S/C20H13BrO3/c21-14-6-8-16-17-9-7-15(23-12-13-4-2-1-3-5-13)11-19(17)24-20(22)18(16)10-14/h1-11H,12H2. The fourth-order valence-corrected chi connectivity index (χ4v) is 3.08. The Balaban J connectivity index is 1.74. The molecule has 0 bridgehead atoms. The lowest BCUT2D eigenvalue weighted by molar-refractivity contribution is 0.306. The summed E-state index contributed by atoms with van der Waals surface area (Å²) in [4.78, 5) is 12.2. The second kappa shape index (κ2) is 6.13. The molecule has 1 heterocycles. The monoisotopic (exact) mass is 380 g/mol. The summed E-state index contributed by atoms with van der Waals surface area (Å²) in [7, 11) is 0. The van der Waals surface area contributed by atoms with Crippen LogP contribution >= 0.6 is 15.9 Å². The predicted octanol–water partition coefficient (Wildman–Crippen LogP) is 5.29. The van der Waals surface area contributed by atoms with Crippen molar-refractivity contribution in [2.75, 3.05) is 0 Å². The fourth-order valence-electron chi connectivity index (χ4n) is 2.72. The first-order valence-corrected chi connectivity index (χ1v) is 8.33. The van der Waals surface area contributed by atoms with Crippen molar-refractivity contribution in [2.45, 2.75) is 6.61 Å². The summed E-state index contributed by atoms with van der Waals surface area (Å²) in [6, 6.07) is 21.1. The molecule has 0 atom stereocenters. The van der Waals surface area contributed by atoms with Gasteiger partial charge in [0, 0.05) is 15.9 Å². The third-order valence-corrected chi connectivity index (χ3v) is 4.39.